The van der Waals surface area contributed by atoms with Crippen molar-refractivity contribution in [3.8, 4) is 5.75 Å². The summed E-state index contributed by atoms with van der Waals surface area (Å²) in [5, 5.41) is 0. The van der Waals surface area contributed by atoms with Crippen LogP contribution in [0.15, 0.2) is 42.5 Å². The summed E-state index contributed by atoms with van der Waals surface area (Å²) in [6.45, 7) is 4.43. The Hall–Kier alpha value is -2.37. The molecule has 0 N–H and O–H groups in total. The number of carbonyl (C=O) groups excluding carboxylic acids is 1. The zero-order valence-electron chi connectivity index (χ0n) is 17.0. The lowest BCUT2D eigenvalue weighted by molar-refractivity contribution is -0.142. The van der Waals surface area contributed by atoms with E-state index in [4.69, 9.17) is 9.47 Å². The number of benzene rings is 2. The number of fused-ring (bicyclic) bond motifs is 3. The Morgan fingerprint density at radius 2 is 1.72 bits per heavy atom. The summed E-state index contributed by atoms with van der Waals surface area (Å²) in [4.78, 5) is 17.2. The first-order valence-corrected chi connectivity index (χ1v) is 10.6. The summed E-state index contributed by atoms with van der Waals surface area (Å²) < 4.78 is 12.0. The fourth-order valence-electron chi connectivity index (χ4n) is 5.22. The highest BCUT2D eigenvalue weighted by molar-refractivity contribution is 5.78. The fourth-order valence-corrected chi connectivity index (χ4v) is 5.22. The molecule has 0 bridgehead atoms. The zero-order chi connectivity index (χ0) is 19.8. The van der Waals surface area contributed by atoms with Crippen LogP contribution in [0.4, 0.5) is 0 Å². The quantitative estimate of drug-likeness (QED) is 0.805. The first-order chi connectivity index (χ1) is 14.2. The monoisotopic (exact) mass is 392 g/mol. The molecule has 0 aromatic heterocycles. The highest BCUT2D eigenvalue weighted by atomic mass is 16.5. The first-order valence-electron chi connectivity index (χ1n) is 10.6. The van der Waals surface area contributed by atoms with Crippen molar-refractivity contribution in [2.24, 2.45) is 0 Å². The lowest BCUT2D eigenvalue weighted by atomic mass is 9.78. The van der Waals surface area contributed by atoms with Crippen LogP contribution in [0.2, 0.25) is 0 Å². The number of piperidine rings is 1. The van der Waals surface area contributed by atoms with E-state index in [2.05, 4.69) is 41.3 Å². The van der Waals surface area contributed by atoms with Crippen LogP contribution in [-0.4, -0.2) is 49.1 Å². The van der Waals surface area contributed by atoms with E-state index in [1.165, 1.54) is 22.3 Å². The summed E-state index contributed by atoms with van der Waals surface area (Å²) in [5.41, 5.74) is 4.90. The van der Waals surface area contributed by atoms with Gasteiger partial charge in [0.25, 0.3) is 0 Å². The molecule has 5 nitrogen and oxygen atoms in total. The Morgan fingerprint density at radius 1 is 1.03 bits per heavy atom. The van der Waals surface area contributed by atoms with Gasteiger partial charge in [0.2, 0.25) is 5.91 Å². The van der Waals surface area contributed by atoms with Crippen molar-refractivity contribution >= 4 is 5.91 Å². The molecule has 1 amide bonds. The van der Waals surface area contributed by atoms with Crippen LogP contribution in [0.25, 0.3) is 0 Å². The molecule has 3 heterocycles. The third-order valence-electron chi connectivity index (χ3n) is 6.73. The van der Waals surface area contributed by atoms with Gasteiger partial charge in [0.05, 0.1) is 20.3 Å². The van der Waals surface area contributed by atoms with Crippen LogP contribution in [0, 0.1) is 0 Å². The molecular weight excluding hydrogens is 364 g/mol. The third-order valence-corrected chi connectivity index (χ3v) is 6.73. The molecular formula is C24H28N2O3. The highest BCUT2D eigenvalue weighted by Crippen LogP contribution is 2.45. The van der Waals surface area contributed by atoms with Gasteiger partial charge in [-0.3, -0.25) is 9.69 Å². The minimum Gasteiger partial charge on any atom is -0.496 e. The number of methoxy groups -OCH3 is 1. The number of amides is 1. The number of nitrogens with zero attached hydrogens (tertiary/aromatic N) is 2. The second-order valence-electron chi connectivity index (χ2n) is 8.38. The number of hydrogen-bond acceptors (Lipinski definition) is 4. The van der Waals surface area contributed by atoms with E-state index in [9.17, 15) is 4.79 Å². The summed E-state index contributed by atoms with van der Waals surface area (Å²) in [5.74, 6) is 1.14. The molecule has 1 spiro atoms. The molecule has 0 unspecified atom stereocenters. The van der Waals surface area contributed by atoms with Crippen molar-refractivity contribution in [1.29, 1.82) is 0 Å². The van der Waals surface area contributed by atoms with Crippen molar-refractivity contribution in [1.82, 2.24) is 9.80 Å². The number of hydrogen-bond donors (Lipinski definition) is 0. The van der Waals surface area contributed by atoms with Crippen molar-refractivity contribution in [3.63, 3.8) is 0 Å². The van der Waals surface area contributed by atoms with Crippen LogP contribution >= 0.6 is 0 Å². The Bertz CT molecular complexity index is 879. The Kier molecular flexibility index (Phi) is 4.80. The number of likely N-dealkylation sites (tertiary alicyclic amines) is 1. The summed E-state index contributed by atoms with van der Waals surface area (Å²) in [6, 6.07) is 14.7. The Balaban J connectivity index is 1.25. The van der Waals surface area contributed by atoms with Crippen LogP contribution in [0.5, 0.6) is 5.75 Å². The van der Waals surface area contributed by atoms with E-state index in [1.807, 2.05) is 11.0 Å². The van der Waals surface area contributed by atoms with Gasteiger partial charge in [0.15, 0.2) is 0 Å². The molecule has 5 rings (SSSR count). The molecule has 29 heavy (non-hydrogen) atoms. The maximum Gasteiger partial charge on any atom is 0.236 e. The van der Waals surface area contributed by atoms with Crippen molar-refractivity contribution in [2.45, 2.75) is 38.0 Å². The average molecular weight is 392 g/mol. The molecule has 1 saturated heterocycles. The average Bonchev–Trinajstić information content (AvgIpc) is 3.16. The Morgan fingerprint density at radius 3 is 2.41 bits per heavy atom. The molecule has 0 radical (unpaired) electrons. The minimum atomic E-state index is -0.319. The van der Waals surface area contributed by atoms with Crippen molar-refractivity contribution < 1.29 is 14.3 Å². The number of rotatable bonds is 3. The lowest BCUT2D eigenvalue weighted by Gasteiger charge is -2.45. The van der Waals surface area contributed by atoms with E-state index in [1.54, 1.807) is 7.11 Å². The second kappa shape index (κ2) is 7.47. The molecule has 3 aliphatic rings. The maximum absolute atomic E-state index is 13.0. The van der Waals surface area contributed by atoms with Gasteiger partial charge in [-0.05, 0) is 42.0 Å². The molecule has 5 heteroatoms. The maximum atomic E-state index is 13.0. The normalized spacial score (nSPS) is 20.4. The smallest absolute Gasteiger partial charge is 0.236 e. The van der Waals surface area contributed by atoms with Gasteiger partial charge >= 0.3 is 0 Å². The van der Waals surface area contributed by atoms with Crippen LogP contribution in [-0.2, 0) is 34.6 Å². The van der Waals surface area contributed by atoms with E-state index < -0.39 is 0 Å². The molecule has 152 valence electrons. The summed E-state index contributed by atoms with van der Waals surface area (Å²) in [6.07, 6.45) is 2.57. The van der Waals surface area contributed by atoms with Gasteiger partial charge in [-0.1, -0.05) is 36.4 Å². The number of ether oxygens (including phenoxy) is 2. The van der Waals surface area contributed by atoms with E-state index in [0.717, 1.165) is 57.8 Å². The van der Waals surface area contributed by atoms with Gasteiger partial charge in [0, 0.05) is 31.7 Å². The third kappa shape index (κ3) is 3.32. The predicted octanol–water partition coefficient (Wildman–Crippen LogP) is 3.10. The molecule has 0 aliphatic carbocycles. The molecule has 2 aromatic rings. The standard InChI is InChI=1S/C24H28N2O3/c1-28-21-8-4-7-18-9-14-29-24(23(18)21)10-12-26(13-11-24)22(27)17-25-15-19-5-2-3-6-20(19)16-25/h2-8H,9-17H2,1H3. The van der Waals surface area contributed by atoms with Crippen LogP contribution in [0.1, 0.15) is 35.1 Å². The van der Waals surface area contributed by atoms with Crippen molar-refractivity contribution in [2.75, 3.05) is 33.4 Å². The molecule has 0 atom stereocenters. The topological polar surface area (TPSA) is 42.0 Å². The Labute approximate surface area is 172 Å². The summed E-state index contributed by atoms with van der Waals surface area (Å²) in [7, 11) is 1.73. The first kappa shape index (κ1) is 18.6. The van der Waals surface area contributed by atoms with Gasteiger partial charge in [-0.2, -0.15) is 0 Å². The van der Waals surface area contributed by atoms with Gasteiger partial charge < -0.3 is 14.4 Å². The second-order valence-corrected chi connectivity index (χ2v) is 8.38. The number of carbonyl (C=O) groups is 1. The van der Waals surface area contributed by atoms with Gasteiger partial charge in [-0.15, -0.1) is 0 Å². The predicted molar refractivity (Wildman–Crippen MR) is 111 cm³/mol. The molecule has 3 aliphatic heterocycles. The molecule has 1 fully saturated rings. The van der Waals surface area contributed by atoms with E-state index in [-0.39, 0.29) is 11.5 Å². The summed E-state index contributed by atoms with van der Waals surface area (Å²) >= 11 is 0. The SMILES string of the molecule is COc1cccc2c1C1(CCN(C(=O)CN3Cc4ccccc4C3)CC1)OCC2. The van der Waals surface area contributed by atoms with Gasteiger partial charge in [-0.25, -0.2) is 0 Å². The van der Waals surface area contributed by atoms with Crippen LogP contribution in [0.3, 0.4) is 0 Å². The lowest BCUT2D eigenvalue weighted by Crippen LogP contribution is -2.50. The van der Waals surface area contributed by atoms with Gasteiger partial charge in [0.1, 0.15) is 11.4 Å². The van der Waals surface area contributed by atoms with E-state index in [0.29, 0.717) is 6.54 Å². The minimum absolute atomic E-state index is 0.226. The van der Waals surface area contributed by atoms with E-state index >= 15 is 0 Å². The molecule has 0 saturated carbocycles. The molecule has 2 aromatic carbocycles. The largest absolute Gasteiger partial charge is 0.496 e. The zero-order valence-corrected chi connectivity index (χ0v) is 17.0. The highest BCUT2D eigenvalue weighted by Gasteiger charge is 2.43. The fraction of sp³-hybridized carbons (Fsp3) is 0.458. The van der Waals surface area contributed by atoms with Crippen molar-refractivity contribution in [3.05, 3.63) is 64.7 Å². The van der Waals surface area contributed by atoms with Crippen LogP contribution < -0.4 is 4.74 Å².